The number of aliphatic carboxylic acids is 1. The molecular weight excluding hydrogens is 268 g/mol. The third kappa shape index (κ3) is 3.52. The van der Waals surface area contributed by atoms with E-state index in [-0.39, 0.29) is 11.7 Å². The zero-order valence-corrected chi connectivity index (χ0v) is 10.5. The van der Waals surface area contributed by atoms with E-state index in [4.69, 9.17) is 9.63 Å². The molecule has 0 bridgehead atoms. The molecule has 0 saturated carbocycles. The molecule has 0 aromatic carbocycles. The van der Waals surface area contributed by atoms with Gasteiger partial charge < -0.3 is 14.9 Å². The molecule has 0 unspecified atom stereocenters. The van der Waals surface area contributed by atoms with E-state index in [1.54, 1.807) is 6.07 Å². The summed E-state index contributed by atoms with van der Waals surface area (Å²) in [6, 6.07) is 3.26. The third-order valence-corrected chi connectivity index (χ3v) is 3.19. The molecule has 2 aromatic rings. The fourth-order valence-electron chi connectivity index (χ4n) is 1.38. The van der Waals surface area contributed by atoms with E-state index in [1.807, 2.05) is 5.38 Å². The van der Waals surface area contributed by atoms with Crippen molar-refractivity contribution in [3.05, 3.63) is 46.0 Å². The van der Waals surface area contributed by atoms with E-state index < -0.39 is 5.97 Å². The predicted molar refractivity (Wildman–Crippen MR) is 68.7 cm³/mol. The minimum absolute atomic E-state index is 0.138. The number of carbonyl (C=O) groups is 2. The summed E-state index contributed by atoms with van der Waals surface area (Å²) in [4.78, 5) is 22.9. The lowest BCUT2D eigenvalue weighted by molar-refractivity contribution is -0.131. The van der Waals surface area contributed by atoms with Crippen LogP contribution in [0.2, 0.25) is 0 Å². The van der Waals surface area contributed by atoms with Gasteiger partial charge in [0.25, 0.3) is 5.91 Å². The molecule has 0 fully saturated rings. The highest BCUT2D eigenvalue weighted by Crippen LogP contribution is 2.18. The molecule has 7 heteroatoms. The number of hydrogen-bond donors (Lipinski definition) is 2. The lowest BCUT2D eigenvalue weighted by atomic mass is 10.2. The van der Waals surface area contributed by atoms with Gasteiger partial charge in [-0.25, -0.2) is 4.79 Å². The summed E-state index contributed by atoms with van der Waals surface area (Å²) >= 11 is 1.44. The standard InChI is InChI=1S/C12H10N2O4S/c15-11(16)2-1-8-4-6-19-10(8)7-13-12(17)9-3-5-14-18-9/h1-6H,7H2,(H,13,17)(H,15,16). The van der Waals surface area contributed by atoms with E-state index in [9.17, 15) is 9.59 Å². The molecule has 19 heavy (non-hydrogen) atoms. The molecule has 2 aromatic heterocycles. The smallest absolute Gasteiger partial charge is 0.328 e. The largest absolute Gasteiger partial charge is 0.478 e. The van der Waals surface area contributed by atoms with Gasteiger partial charge in [-0.15, -0.1) is 11.3 Å². The Labute approximate surface area is 112 Å². The van der Waals surface area contributed by atoms with Gasteiger partial charge in [-0.2, -0.15) is 0 Å². The zero-order valence-electron chi connectivity index (χ0n) is 9.70. The van der Waals surface area contributed by atoms with Gasteiger partial charge in [0.15, 0.2) is 0 Å². The van der Waals surface area contributed by atoms with Gasteiger partial charge in [0.1, 0.15) is 0 Å². The van der Waals surface area contributed by atoms with Crippen LogP contribution in [0.5, 0.6) is 0 Å². The van der Waals surface area contributed by atoms with Crippen molar-refractivity contribution in [1.29, 1.82) is 0 Å². The Morgan fingerprint density at radius 1 is 1.47 bits per heavy atom. The van der Waals surface area contributed by atoms with Gasteiger partial charge in [-0.05, 0) is 23.1 Å². The second kappa shape index (κ2) is 5.96. The van der Waals surface area contributed by atoms with Crippen molar-refractivity contribution < 1.29 is 19.2 Å². The van der Waals surface area contributed by atoms with Crippen LogP contribution in [0.15, 0.2) is 34.3 Å². The number of rotatable bonds is 5. The normalized spacial score (nSPS) is 10.7. The summed E-state index contributed by atoms with van der Waals surface area (Å²) in [7, 11) is 0. The highest BCUT2D eigenvalue weighted by molar-refractivity contribution is 7.10. The second-order valence-corrected chi connectivity index (χ2v) is 4.53. The minimum Gasteiger partial charge on any atom is -0.478 e. The Balaban J connectivity index is 1.98. The van der Waals surface area contributed by atoms with Crippen molar-refractivity contribution in [2.45, 2.75) is 6.54 Å². The molecule has 6 nitrogen and oxygen atoms in total. The van der Waals surface area contributed by atoms with Crippen LogP contribution < -0.4 is 5.32 Å². The number of hydrogen-bond acceptors (Lipinski definition) is 5. The van der Waals surface area contributed by atoms with Crippen LogP contribution in [-0.4, -0.2) is 22.1 Å². The summed E-state index contributed by atoms with van der Waals surface area (Å²) in [6.07, 6.45) is 3.94. The first-order valence-corrected chi connectivity index (χ1v) is 6.21. The Morgan fingerprint density at radius 3 is 3.00 bits per heavy atom. The number of nitrogens with one attached hydrogen (secondary N) is 1. The number of amides is 1. The minimum atomic E-state index is -1.01. The average Bonchev–Trinajstić information content (AvgIpc) is 3.04. The topological polar surface area (TPSA) is 92.4 Å². The maximum atomic E-state index is 11.6. The number of carboxylic acids is 1. The summed E-state index contributed by atoms with van der Waals surface area (Å²) in [6.45, 7) is 0.302. The first-order chi connectivity index (χ1) is 9.16. The SMILES string of the molecule is O=C(O)C=Cc1ccsc1CNC(=O)c1ccno1. The molecule has 0 atom stereocenters. The van der Waals surface area contributed by atoms with E-state index in [0.29, 0.717) is 6.54 Å². The molecule has 98 valence electrons. The molecule has 0 radical (unpaired) electrons. The molecule has 0 saturated heterocycles. The summed E-state index contributed by atoms with van der Waals surface area (Å²) in [5.41, 5.74) is 0.769. The predicted octanol–water partition coefficient (Wildman–Crippen LogP) is 1.76. The van der Waals surface area contributed by atoms with Crippen molar-refractivity contribution in [2.24, 2.45) is 0 Å². The lowest BCUT2D eigenvalue weighted by Crippen LogP contribution is -2.22. The van der Waals surface area contributed by atoms with Crippen molar-refractivity contribution in [3.63, 3.8) is 0 Å². The number of nitrogens with zero attached hydrogens (tertiary/aromatic N) is 1. The van der Waals surface area contributed by atoms with Gasteiger partial charge in [-0.1, -0.05) is 5.16 Å². The van der Waals surface area contributed by atoms with Gasteiger partial charge >= 0.3 is 5.97 Å². The lowest BCUT2D eigenvalue weighted by Gasteiger charge is -2.01. The quantitative estimate of drug-likeness (QED) is 0.813. The molecule has 2 N–H and O–H groups in total. The molecule has 2 rings (SSSR count). The number of aromatic nitrogens is 1. The van der Waals surface area contributed by atoms with Crippen molar-refractivity contribution >= 4 is 29.3 Å². The molecule has 1 amide bonds. The zero-order chi connectivity index (χ0) is 13.7. The third-order valence-electron chi connectivity index (χ3n) is 2.26. The molecular formula is C12H10N2O4S. The first kappa shape index (κ1) is 13.0. The van der Waals surface area contributed by atoms with Gasteiger partial charge in [0, 0.05) is 17.0 Å². The van der Waals surface area contributed by atoms with E-state index in [0.717, 1.165) is 16.5 Å². The van der Waals surface area contributed by atoms with Crippen molar-refractivity contribution in [1.82, 2.24) is 10.5 Å². The van der Waals surface area contributed by atoms with Gasteiger partial charge in [0.2, 0.25) is 5.76 Å². The summed E-state index contributed by atoms with van der Waals surface area (Å²) in [5, 5.41) is 16.5. The molecule has 0 aliphatic rings. The fourth-order valence-corrected chi connectivity index (χ4v) is 2.19. The van der Waals surface area contributed by atoms with E-state index in [2.05, 4.69) is 10.5 Å². The Bertz CT molecular complexity index is 601. The maximum absolute atomic E-state index is 11.6. The highest BCUT2D eigenvalue weighted by Gasteiger charge is 2.10. The van der Waals surface area contributed by atoms with Crippen LogP contribution in [-0.2, 0) is 11.3 Å². The van der Waals surface area contributed by atoms with E-state index in [1.165, 1.54) is 29.7 Å². The summed E-state index contributed by atoms with van der Waals surface area (Å²) in [5.74, 6) is -1.24. The average molecular weight is 278 g/mol. The Morgan fingerprint density at radius 2 is 2.32 bits per heavy atom. The molecule has 0 aliphatic carbocycles. The highest BCUT2D eigenvalue weighted by atomic mass is 32.1. The molecule has 0 spiro atoms. The van der Waals surface area contributed by atoms with E-state index >= 15 is 0 Å². The number of carbonyl (C=O) groups excluding carboxylic acids is 1. The Hall–Kier alpha value is -2.41. The van der Waals surface area contributed by atoms with Crippen molar-refractivity contribution in [3.8, 4) is 0 Å². The number of carboxylic acid groups (broad SMARTS) is 1. The van der Waals surface area contributed by atoms with Crippen LogP contribution in [0.1, 0.15) is 21.0 Å². The van der Waals surface area contributed by atoms with Gasteiger partial charge in [-0.3, -0.25) is 4.79 Å². The second-order valence-electron chi connectivity index (χ2n) is 3.53. The van der Waals surface area contributed by atoms with Gasteiger partial charge in [0.05, 0.1) is 12.7 Å². The monoisotopic (exact) mass is 278 g/mol. The van der Waals surface area contributed by atoms with Crippen LogP contribution >= 0.6 is 11.3 Å². The fraction of sp³-hybridized carbons (Fsp3) is 0.0833. The van der Waals surface area contributed by atoms with Crippen LogP contribution in [0.4, 0.5) is 0 Å². The van der Waals surface area contributed by atoms with Crippen molar-refractivity contribution in [2.75, 3.05) is 0 Å². The van der Waals surface area contributed by atoms with Crippen LogP contribution in [0.25, 0.3) is 6.08 Å². The molecule has 0 aliphatic heterocycles. The first-order valence-electron chi connectivity index (χ1n) is 5.33. The Kier molecular flexibility index (Phi) is 4.09. The van der Waals surface area contributed by atoms with Crippen LogP contribution in [0, 0.1) is 0 Å². The number of thiophene rings is 1. The molecule has 2 heterocycles. The maximum Gasteiger partial charge on any atom is 0.328 e. The van der Waals surface area contributed by atoms with Crippen LogP contribution in [0.3, 0.4) is 0 Å². The summed E-state index contributed by atoms with van der Waals surface area (Å²) < 4.78 is 4.72.